The number of hydrogen-bond donors (Lipinski definition) is 0. The molecule has 0 spiro atoms. The quantitative estimate of drug-likeness (QED) is 0.596. The van der Waals surface area contributed by atoms with Crippen LogP contribution in [0.15, 0.2) is 15.3 Å². The van der Waals surface area contributed by atoms with E-state index in [9.17, 15) is 9.59 Å². The van der Waals surface area contributed by atoms with Crippen molar-refractivity contribution in [2.75, 3.05) is 18.0 Å². The molecule has 0 fully saturated rings. The Morgan fingerprint density at radius 2 is 2.00 bits per heavy atom. The molecule has 4 heteroatoms. The van der Waals surface area contributed by atoms with Gasteiger partial charge in [0.05, 0.1) is 0 Å². The molecule has 0 amide bonds. The number of fused-ring (bicyclic) bond motifs is 2. The number of aldehydes is 1. The molecule has 0 atom stereocenters. The van der Waals surface area contributed by atoms with Crippen LogP contribution in [0.5, 0.6) is 0 Å². The maximum Gasteiger partial charge on any atom is 0.347 e. The molecule has 0 bridgehead atoms. The van der Waals surface area contributed by atoms with Gasteiger partial charge in [0.1, 0.15) is 11.1 Å². The summed E-state index contributed by atoms with van der Waals surface area (Å²) in [5.74, 6) is 0. The van der Waals surface area contributed by atoms with Crippen molar-refractivity contribution in [3.8, 4) is 0 Å². The monoisotopic (exact) mass is 283 g/mol. The number of benzene rings is 1. The summed E-state index contributed by atoms with van der Waals surface area (Å²) in [7, 11) is 0. The lowest BCUT2D eigenvalue weighted by Gasteiger charge is -2.37. The molecule has 0 radical (unpaired) electrons. The van der Waals surface area contributed by atoms with Crippen LogP contribution < -0.4 is 10.5 Å². The summed E-state index contributed by atoms with van der Waals surface area (Å²) in [6, 6.07) is 2.12. The van der Waals surface area contributed by atoms with E-state index in [1.165, 1.54) is 11.3 Å². The molecule has 108 valence electrons. The van der Waals surface area contributed by atoms with Crippen molar-refractivity contribution in [2.24, 2.45) is 0 Å². The smallest absolute Gasteiger partial charge is 0.347 e. The van der Waals surface area contributed by atoms with E-state index in [4.69, 9.17) is 4.42 Å². The lowest BCUT2D eigenvalue weighted by atomic mass is 9.89. The fourth-order valence-electron chi connectivity index (χ4n) is 3.81. The largest absolute Gasteiger partial charge is 0.422 e. The summed E-state index contributed by atoms with van der Waals surface area (Å²) < 4.78 is 5.52. The minimum absolute atomic E-state index is 0.151. The fraction of sp³-hybridized carbons (Fsp3) is 0.412. The third kappa shape index (κ3) is 1.68. The Balaban J connectivity index is 2.15. The van der Waals surface area contributed by atoms with Crippen LogP contribution in [0.3, 0.4) is 0 Å². The molecular weight excluding hydrogens is 266 g/mol. The Morgan fingerprint density at radius 1 is 1.24 bits per heavy atom. The highest BCUT2D eigenvalue weighted by Crippen LogP contribution is 2.40. The van der Waals surface area contributed by atoms with E-state index in [0.717, 1.165) is 55.3 Å². The van der Waals surface area contributed by atoms with Gasteiger partial charge in [-0.25, -0.2) is 4.79 Å². The standard InChI is InChI=1S/C17H17NO3/c1-10-13-8-11-4-2-6-18-7-3-5-12(15(11)18)16(13)21-17(20)14(10)9-19/h8-9H,2-7H2,1H3. The number of aryl methyl sites for hydroxylation is 3. The van der Waals surface area contributed by atoms with Crippen LogP contribution in [0.2, 0.25) is 0 Å². The van der Waals surface area contributed by atoms with E-state index >= 15 is 0 Å². The Morgan fingerprint density at radius 3 is 2.76 bits per heavy atom. The summed E-state index contributed by atoms with van der Waals surface area (Å²) in [5, 5.41) is 0.925. The molecule has 2 aliphatic rings. The highest BCUT2D eigenvalue weighted by Gasteiger charge is 2.27. The molecule has 21 heavy (non-hydrogen) atoms. The molecule has 2 aromatic rings. The second kappa shape index (κ2) is 4.45. The van der Waals surface area contributed by atoms with Gasteiger partial charge in [-0.2, -0.15) is 0 Å². The van der Waals surface area contributed by atoms with E-state index in [-0.39, 0.29) is 5.56 Å². The first kappa shape index (κ1) is 12.6. The van der Waals surface area contributed by atoms with Gasteiger partial charge < -0.3 is 9.32 Å². The lowest BCUT2D eigenvalue weighted by Crippen LogP contribution is -2.34. The first-order valence-corrected chi connectivity index (χ1v) is 7.53. The van der Waals surface area contributed by atoms with Gasteiger partial charge in [-0.15, -0.1) is 0 Å². The van der Waals surface area contributed by atoms with Gasteiger partial charge >= 0.3 is 5.63 Å². The van der Waals surface area contributed by atoms with Gasteiger partial charge in [0.25, 0.3) is 0 Å². The second-order valence-electron chi connectivity index (χ2n) is 5.98. The SMILES string of the molecule is Cc1c(C=O)c(=O)oc2c3c4c(cc12)CCCN4CCC3. The minimum atomic E-state index is -0.515. The normalized spacial score (nSPS) is 16.9. The number of hydrogen-bond acceptors (Lipinski definition) is 4. The van der Waals surface area contributed by atoms with Crippen molar-refractivity contribution in [3.63, 3.8) is 0 Å². The first-order chi connectivity index (χ1) is 10.2. The van der Waals surface area contributed by atoms with Crippen molar-refractivity contribution in [1.82, 2.24) is 0 Å². The van der Waals surface area contributed by atoms with Crippen LogP contribution in [0, 0.1) is 6.92 Å². The maximum atomic E-state index is 12.0. The van der Waals surface area contributed by atoms with Gasteiger partial charge in [-0.3, -0.25) is 4.79 Å². The van der Waals surface area contributed by atoms with E-state index < -0.39 is 5.63 Å². The van der Waals surface area contributed by atoms with Crippen LogP contribution in [0.4, 0.5) is 5.69 Å². The summed E-state index contributed by atoms with van der Waals surface area (Å²) in [4.78, 5) is 25.6. The number of carbonyl (C=O) groups excluding carboxylic acids is 1. The summed E-state index contributed by atoms with van der Waals surface area (Å²) in [5.41, 5.74) is 4.84. The van der Waals surface area contributed by atoms with Crippen molar-refractivity contribution in [1.29, 1.82) is 0 Å². The van der Waals surface area contributed by atoms with Crippen molar-refractivity contribution < 1.29 is 9.21 Å². The van der Waals surface area contributed by atoms with Gasteiger partial charge in [0.15, 0.2) is 6.29 Å². The average Bonchev–Trinajstić information content (AvgIpc) is 2.50. The summed E-state index contributed by atoms with van der Waals surface area (Å²) >= 11 is 0. The number of nitrogens with zero attached hydrogens (tertiary/aromatic N) is 1. The first-order valence-electron chi connectivity index (χ1n) is 7.53. The predicted octanol–water partition coefficient (Wildman–Crippen LogP) is 2.61. The van der Waals surface area contributed by atoms with Crippen molar-refractivity contribution in [2.45, 2.75) is 32.6 Å². The molecule has 4 rings (SSSR count). The number of rotatable bonds is 1. The van der Waals surface area contributed by atoms with E-state index in [2.05, 4.69) is 11.0 Å². The van der Waals surface area contributed by atoms with Gasteiger partial charge in [0.2, 0.25) is 0 Å². The lowest BCUT2D eigenvalue weighted by molar-refractivity contribution is 0.111. The number of anilines is 1. The predicted molar refractivity (Wildman–Crippen MR) is 81.5 cm³/mol. The second-order valence-corrected chi connectivity index (χ2v) is 5.98. The van der Waals surface area contributed by atoms with Gasteiger partial charge in [-0.1, -0.05) is 0 Å². The molecule has 1 aromatic carbocycles. The van der Waals surface area contributed by atoms with Crippen molar-refractivity contribution in [3.05, 3.63) is 38.7 Å². The molecule has 0 saturated heterocycles. The fourth-order valence-corrected chi connectivity index (χ4v) is 3.81. The maximum absolute atomic E-state index is 12.0. The molecule has 2 aliphatic heterocycles. The molecule has 4 nitrogen and oxygen atoms in total. The molecule has 1 aromatic heterocycles. The van der Waals surface area contributed by atoms with Gasteiger partial charge in [-0.05, 0) is 49.8 Å². The van der Waals surface area contributed by atoms with E-state index in [1.807, 2.05) is 6.92 Å². The highest BCUT2D eigenvalue weighted by molar-refractivity contribution is 5.94. The third-order valence-electron chi connectivity index (χ3n) is 4.81. The Hall–Kier alpha value is -2.10. The third-order valence-corrected chi connectivity index (χ3v) is 4.81. The van der Waals surface area contributed by atoms with E-state index in [0.29, 0.717) is 11.9 Å². The Bertz CT molecular complexity index is 817. The highest BCUT2D eigenvalue weighted by atomic mass is 16.4. The number of carbonyl (C=O) groups is 1. The van der Waals surface area contributed by atoms with Crippen LogP contribution in [0.25, 0.3) is 11.0 Å². The zero-order chi connectivity index (χ0) is 14.6. The minimum Gasteiger partial charge on any atom is -0.422 e. The van der Waals surface area contributed by atoms with Crippen LogP contribution in [-0.2, 0) is 12.8 Å². The molecule has 3 heterocycles. The van der Waals surface area contributed by atoms with E-state index in [1.54, 1.807) is 0 Å². The molecule has 0 aliphatic carbocycles. The van der Waals surface area contributed by atoms with Crippen LogP contribution in [0.1, 0.15) is 39.9 Å². The molecule has 0 saturated carbocycles. The summed E-state index contributed by atoms with van der Waals surface area (Å²) in [6.45, 7) is 4.01. The zero-order valence-electron chi connectivity index (χ0n) is 12.1. The average molecular weight is 283 g/mol. The van der Waals surface area contributed by atoms with Gasteiger partial charge in [0, 0.05) is 29.7 Å². The Labute approximate surface area is 122 Å². The van der Waals surface area contributed by atoms with Crippen LogP contribution >= 0.6 is 0 Å². The molecule has 0 unspecified atom stereocenters. The van der Waals surface area contributed by atoms with Crippen LogP contribution in [-0.4, -0.2) is 19.4 Å². The molecular formula is C17H17NO3. The Kier molecular flexibility index (Phi) is 2.67. The molecule has 0 N–H and O–H groups in total. The van der Waals surface area contributed by atoms with Crippen molar-refractivity contribution >= 4 is 22.9 Å². The summed E-state index contributed by atoms with van der Waals surface area (Å²) in [6.07, 6.45) is 4.86. The topological polar surface area (TPSA) is 50.5 Å². The zero-order valence-corrected chi connectivity index (χ0v) is 12.1.